The number of hydrogen-bond acceptors (Lipinski definition) is 4. The van der Waals surface area contributed by atoms with Crippen LogP contribution in [-0.2, 0) is 10.0 Å². The van der Waals surface area contributed by atoms with Crippen LogP contribution in [0.15, 0.2) is 23.1 Å². The van der Waals surface area contributed by atoms with E-state index in [2.05, 4.69) is 10.0 Å². The zero-order chi connectivity index (χ0) is 15.3. The van der Waals surface area contributed by atoms with Crippen molar-refractivity contribution < 1.29 is 8.42 Å². The first kappa shape index (κ1) is 16.1. The summed E-state index contributed by atoms with van der Waals surface area (Å²) < 4.78 is 25.7. The van der Waals surface area contributed by atoms with Gasteiger partial charge in [-0.15, -0.1) is 0 Å². The molecule has 1 aromatic rings. The minimum atomic E-state index is -3.48. The summed E-state index contributed by atoms with van der Waals surface area (Å²) in [5.74, 6) is 0.903. The molecule has 0 amide bonds. The third-order valence-electron chi connectivity index (χ3n) is 4.16. The number of hydrogen-bond donors (Lipinski definition) is 3. The highest BCUT2D eigenvalue weighted by Crippen LogP contribution is 2.28. The first-order chi connectivity index (χ1) is 10.0. The topological polar surface area (TPSA) is 84.2 Å². The summed E-state index contributed by atoms with van der Waals surface area (Å²) in [6.45, 7) is 0.897. The van der Waals surface area contributed by atoms with E-state index in [1.165, 1.54) is 39.2 Å². The van der Waals surface area contributed by atoms with Gasteiger partial charge in [0, 0.05) is 12.2 Å². The van der Waals surface area contributed by atoms with Crippen LogP contribution >= 0.6 is 0 Å². The van der Waals surface area contributed by atoms with E-state index in [1.54, 1.807) is 18.2 Å². The first-order valence-electron chi connectivity index (χ1n) is 7.60. The van der Waals surface area contributed by atoms with Crippen LogP contribution in [0, 0.1) is 5.92 Å². The van der Waals surface area contributed by atoms with E-state index in [0.29, 0.717) is 0 Å². The predicted octanol–water partition coefficient (Wildman–Crippen LogP) is 2.56. The van der Waals surface area contributed by atoms with Gasteiger partial charge in [0.1, 0.15) is 4.90 Å². The molecule has 0 heterocycles. The lowest BCUT2D eigenvalue weighted by Crippen LogP contribution is -2.20. The zero-order valence-electron chi connectivity index (χ0n) is 12.6. The van der Waals surface area contributed by atoms with Crippen molar-refractivity contribution in [2.75, 3.05) is 24.6 Å². The normalized spacial score (nSPS) is 16.2. The summed E-state index contributed by atoms with van der Waals surface area (Å²) in [5.41, 5.74) is 6.97. The number of benzene rings is 1. The van der Waals surface area contributed by atoms with Crippen LogP contribution < -0.4 is 15.8 Å². The van der Waals surface area contributed by atoms with Gasteiger partial charge in [-0.05, 0) is 44.0 Å². The summed E-state index contributed by atoms with van der Waals surface area (Å²) in [4.78, 5) is 0.126. The first-order valence-corrected chi connectivity index (χ1v) is 9.08. The van der Waals surface area contributed by atoms with Crippen LogP contribution in [0.4, 0.5) is 11.4 Å². The van der Waals surface area contributed by atoms with Crippen LogP contribution in [0.2, 0.25) is 0 Å². The fraction of sp³-hybridized carbons (Fsp3) is 0.600. The molecule has 1 aliphatic rings. The lowest BCUT2D eigenvalue weighted by molar-refractivity contribution is 0.491. The van der Waals surface area contributed by atoms with E-state index in [-0.39, 0.29) is 10.6 Å². The van der Waals surface area contributed by atoms with Crippen LogP contribution in [0.1, 0.15) is 38.5 Å². The zero-order valence-corrected chi connectivity index (χ0v) is 13.4. The summed E-state index contributed by atoms with van der Waals surface area (Å²) in [6.07, 6.45) is 7.94. The molecular formula is C15H25N3O2S. The van der Waals surface area contributed by atoms with Crippen LogP contribution in [-0.4, -0.2) is 22.0 Å². The van der Waals surface area contributed by atoms with Gasteiger partial charge in [-0.25, -0.2) is 13.1 Å². The minimum Gasteiger partial charge on any atom is -0.398 e. The minimum absolute atomic E-state index is 0.126. The summed E-state index contributed by atoms with van der Waals surface area (Å²) in [7, 11) is -2.11. The van der Waals surface area contributed by atoms with Gasteiger partial charge in [0.25, 0.3) is 0 Å². The van der Waals surface area contributed by atoms with Gasteiger partial charge in [-0.1, -0.05) is 25.7 Å². The highest BCUT2D eigenvalue weighted by molar-refractivity contribution is 7.89. The maximum Gasteiger partial charge on any atom is 0.242 e. The lowest BCUT2D eigenvalue weighted by Gasteiger charge is -2.12. The van der Waals surface area contributed by atoms with Crippen LogP contribution in [0.3, 0.4) is 0 Å². The molecule has 1 saturated carbocycles. The number of nitrogens with one attached hydrogen (secondary N) is 2. The van der Waals surface area contributed by atoms with Crippen molar-refractivity contribution in [3.05, 3.63) is 18.2 Å². The molecule has 118 valence electrons. The van der Waals surface area contributed by atoms with Crippen molar-refractivity contribution in [1.29, 1.82) is 0 Å². The number of nitrogen functional groups attached to an aromatic ring is 1. The number of nitrogens with two attached hydrogens (primary N) is 1. The Hall–Kier alpha value is -1.27. The fourth-order valence-corrected chi connectivity index (χ4v) is 3.77. The monoisotopic (exact) mass is 311 g/mol. The van der Waals surface area contributed by atoms with Crippen LogP contribution in [0.5, 0.6) is 0 Å². The van der Waals surface area contributed by atoms with E-state index in [9.17, 15) is 8.42 Å². The SMILES string of the molecule is CNS(=O)(=O)c1ccc(NCCCC2CCCC2)cc1N. The van der Waals surface area contributed by atoms with Crippen molar-refractivity contribution in [3.8, 4) is 0 Å². The number of sulfonamides is 1. The van der Waals surface area contributed by atoms with Gasteiger partial charge < -0.3 is 11.1 Å². The molecule has 0 aliphatic heterocycles. The second-order valence-electron chi connectivity index (χ2n) is 5.68. The van der Waals surface area contributed by atoms with Gasteiger partial charge in [-0.3, -0.25) is 0 Å². The molecule has 1 aromatic carbocycles. The maximum atomic E-state index is 11.7. The van der Waals surface area contributed by atoms with Gasteiger partial charge in [0.2, 0.25) is 10.0 Å². The molecule has 0 saturated heterocycles. The molecular weight excluding hydrogens is 286 g/mol. The number of rotatable bonds is 7. The Morgan fingerprint density at radius 2 is 2.00 bits per heavy atom. The van der Waals surface area contributed by atoms with E-state index in [4.69, 9.17) is 5.73 Å². The summed E-state index contributed by atoms with van der Waals surface area (Å²) in [6, 6.07) is 4.98. The lowest BCUT2D eigenvalue weighted by atomic mass is 10.0. The smallest absolute Gasteiger partial charge is 0.242 e. The molecule has 0 radical (unpaired) electrons. The van der Waals surface area contributed by atoms with E-state index in [1.807, 2.05) is 0 Å². The van der Waals surface area contributed by atoms with Crippen molar-refractivity contribution >= 4 is 21.4 Å². The molecule has 2 rings (SSSR count). The molecule has 1 aliphatic carbocycles. The Kier molecular flexibility index (Phi) is 5.47. The van der Waals surface area contributed by atoms with E-state index in [0.717, 1.165) is 24.6 Å². The third-order valence-corrected chi connectivity index (χ3v) is 5.65. The molecule has 0 atom stereocenters. The van der Waals surface area contributed by atoms with Crippen molar-refractivity contribution in [2.45, 2.75) is 43.4 Å². The Bertz CT molecular complexity index is 566. The highest BCUT2D eigenvalue weighted by atomic mass is 32.2. The van der Waals surface area contributed by atoms with Crippen molar-refractivity contribution in [2.24, 2.45) is 5.92 Å². The largest absolute Gasteiger partial charge is 0.398 e. The van der Waals surface area contributed by atoms with Gasteiger partial charge in [0.05, 0.1) is 5.69 Å². The summed E-state index contributed by atoms with van der Waals surface area (Å²) >= 11 is 0. The third kappa shape index (κ3) is 4.35. The average Bonchev–Trinajstić information content (AvgIpc) is 2.96. The molecule has 5 nitrogen and oxygen atoms in total. The predicted molar refractivity (Wildman–Crippen MR) is 86.8 cm³/mol. The van der Waals surface area contributed by atoms with Gasteiger partial charge >= 0.3 is 0 Å². The fourth-order valence-electron chi connectivity index (χ4n) is 2.94. The molecule has 0 aromatic heterocycles. The Morgan fingerprint density at radius 1 is 1.29 bits per heavy atom. The molecule has 21 heavy (non-hydrogen) atoms. The summed E-state index contributed by atoms with van der Waals surface area (Å²) in [5, 5.41) is 3.31. The highest BCUT2D eigenvalue weighted by Gasteiger charge is 2.16. The van der Waals surface area contributed by atoms with E-state index < -0.39 is 10.0 Å². The van der Waals surface area contributed by atoms with Gasteiger partial charge in [0.15, 0.2) is 0 Å². The Morgan fingerprint density at radius 3 is 2.62 bits per heavy atom. The second-order valence-corrected chi connectivity index (χ2v) is 7.53. The standard InChI is InChI=1S/C15H25N3O2S/c1-17-21(19,20)15-9-8-13(11-14(15)16)18-10-4-7-12-5-2-3-6-12/h8-9,11-12,17-18H,2-7,10,16H2,1H3. The Labute approximate surface area is 127 Å². The number of anilines is 2. The molecule has 0 spiro atoms. The Balaban J connectivity index is 1.85. The maximum absolute atomic E-state index is 11.7. The average molecular weight is 311 g/mol. The van der Waals surface area contributed by atoms with Gasteiger partial charge in [-0.2, -0.15) is 0 Å². The quantitative estimate of drug-likeness (QED) is 0.534. The van der Waals surface area contributed by atoms with E-state index >= 15 is 0 Å². The van der Waals surface area contributed by atoms with Crippen molar-refractivity contribution in [1.82, 2.24) is 4.72 Å². The second kappa shape index (κ2) is 7.13. The molecule has 0 unspecified atom stereocenters. The van der Waals surface area contributed by atoms with Crippen LogP contribution in [0.25, 0.3) is 0 Å². The molecule has 6 heteroatoms. The molecule has 0 bridgehead atoms. The molecule has 1 fully saturated rings. The van der Waals surface area contributed by atoms with Crippen molar-refractivity contribution in [3.63, 3.8) is 0 Å². The molecule has 4 N–H and O–H groups in total.